The molecule has 0 aliphatic heterocycles. The van der Waals surface area contributed by atoms with E-state index in [0.29, 0.717) is 0 Å². The Kier molecular flexibility index (Phi) is 1.28. The average Bonchev–Trinajstić information content (AvgIpc) is 2.66. The SMILES string of the molecule is Nc1cccc2c1ccn1cnnc21. The molecule has 1 aromatic carbocycles. The van der Waals surface area contributed by atoms with E-state index < -0.39 is 0 Å². The lowest BCUT2D eigenvalue weighted by atomic mass is 10.1. The zero-order valence-electron chi connectivity index (χ0n) is 7.38. The molecule has 0 aliphatic carbocycles. The number of hydrogen-bond donors (Lipinski definition) is 1. The summed E-state index contributed by atoms with van der Waals surface area (Å²) >= 11 is 0. The Morgan fingerprint density at radius 3 is 3.00 bits per heavy atom. The number of benzene rings is 1. The predicted octanol–water partition coefficient (Wildman–Crippen LogP) is 1.46. The van der Waals surface area contributed by atoms with Gasteiger partial charge in [-0.05, 0) is 12.1 Å². The largest absolute Gasteiger partial charge is 0.398 e. The van der Waals surface area contributed by atoms with Crippen LogP contribution in [0.5, 0.6) is 0 Å². The lowest BCUT2D eigenvalue weighted by Gasteiger charge is -2.01. The third kappa shape index (κ3) is 0.821. The van der Waals surface area contributed by atoms with E-state index in [2.05, 4.69) is 10.2 Å². The molecule has 2 N–H and O–H groups in total. The molecule has 0 atom stereocenters. The Morgan fingerprint density at radius 2 is 2.07 bits per heavy atom. The second-order valence-electron chi connectivity index (χ2n) is 3.19. The lowest BCUT2D eigenvalue weighted by Crippen LogP contribution is -1.89. The summed E-state index contributed by atoms with van der Waals surface area (Å²) in [6, 6.07) is 7.78. The van der Waals surface area contributed by atoms with Crippen LogP contribution in [-0.4, -0.2) is 14.6 Å². The van der Waals surface area contributed by atoms with Gasteiger partial charge in [-0.2, -0.15) is 0 Å². The standard InChI is InChI=1S/C10H8N4/c11-9-3-1-2-8-7(9)4-5-14-6-12-13-10(8)14/h1-6H,11H2. The van der Waals surface area contributed by atoms with Gasteiger partial charge in [0.25, 0.3) is 0 Å². The molecular formula is C10H8N4. The molecule has 0 radical (unpaired) electrons. The van der Waals surface area contributed by atoms with Crippen LogP contribution >= 0.6 is 0 Å². The smallest absolute Gasteiger partial charge is 0.168 e. The van der Waals surface area contributed by atoms with Crippen LogP contribution in [0.15, 0.2) is 36.8 Å². The molecule has 0 bridgehead atoms. The summed E-state index contributed by atoms with van der Waals surface area (Å²) in [5.74, 6) is 0. The summed E-state index contributed by atoms with van der Waals surface area (Å²) in [5.41, 5.74) is 7.47. The van der Waals surface area contributed by atoms with Crippen molar-refractivity contribution in [3.63, 3.8) is 0 Å². The monoisotopic (exact) mass is 184 g/mol. The number of fused-ring (bicyclic) bond motifs is 3. The number of aromatic nitrogens is 3. The topological polar surface area (TPSA) is 56.2 Å². The van der Waals surface area contributed by atoms with Crippen molar-refractivity contribution in [2.45, 2.75) is 0 Å². The summed E-state index contributed by atoms with van der Waals surface area (Å²) in [6.07, 6.45) is 3.59. The summed E-state index contributed by atoms with van der Waals surface area (Å²) in [5, 5.41) is 9.95. The van der Waals surface area contributed by atoms with Crippen molar-refractivity contribution in [3.05, 3.63) is 36.8 Å². The van der Waals surface area contributed by atoms with E-state index in [1.54, 1.807) is 6.33 Å². The van der Waals surface area contributed by atoms with Crippen molar-refractivity contribution < 1.29 is 0 Å². The van der Waals surface area contributed by atoms with Gasteiger partial charge >= 0.3 is 0 Å². The number of nitrogen functional groups attached to an aromatic ring is 1. The second kappa shape index (κ2) is 2.45. The fourth-order valence-electron chi connectivity index (χ4n) is 1.66. The van der Waals surface area contributed by atoms with Gasteiger partial charge in [-0.3, -0.25) is 4.40 Å². The molecule has 0 saturated heterocycles. The first-order chi connectivity index (χ1) is 6.86. The second-order valence-corrected chi connectivity index (χ2v) is 3.19. The third-order valence-electron chi connectivity index (χ3n) is 2.36. The molecule has 0 saturated carbocycles. The number of pyridine rings is 1. The number of hydrogen-bond acceptors (Lipinski definition) is 3. The van der Waals surface area contributed by atoms with Crippen molar-refractivity contribution in [1.82, 2.24) is 14.6 Å². The molecule has 0 amide bonds. The van der Waals surface area contributed by atoms with Gasteiger partial charge in [-0.15, -0.1) is 10.2 Å². The maximum absolute atomic E-state index is 5.86. The van der Waals surface area contributed by atoms with Crippen LogP contribution in [0, 0.1) is 0 Å². The van der Waals surface area contributed by atoms with E-state index in [1.807, 2.05) is 34.9 Å². The summed E-state index contributed by atoms with van der Waals surface area (Å²) < 4.78 is 1.88. The van der Waals surface area contributed by atoms with Crippen LogP contribution in [-0.2, 0) is 0 Å². The van der Waals surface area contributed by atoms with Crippen molar-refractivity contribution in [1.29, 1.82) is 0 Å². The van der Waals surface area contributed by atoms with Crippen molar-refractivity contribution in [3.8, 4) is 0 Å². The van der Waals surface area contributed by atoms with Gasteiger partial charge in [0, 0.05) is 22.7 Å². The highest BCUT2D eigenvalue weighted by atomic mass is 15.2. The Bertz CT molecular complexity index is 612. The van der Waals surface area contributed by atoms with Gasteiger partial charge in [-0.25, -0.2) is 0 Å². The summed E-state index contributed by atoms with van der Waals surface area (Å²) in [6.45, 7) is 0. The van der Waals surface area contributed by atoms with Gasteiger partial charge < -0.3 is 5.73 Å². The minimum absolute atomic E-state index is 0.771. The van der Waals surface area contributed by atoms with E-state index in [0.717, 1.165) is 22.1 Å². The van der Waals surface area contributed by atoms with Crippen LogP contribution < -0.4 is 5.73 Å². The molecule has 0 fully saturated rings. The maximum Gasteiger partial charge on any atom is 0.168 e. The highest BCUT2D eigenvalue weighted by Gasteiger charge is 2.03. The minimum atomic E-state index is 0.771. The van der Waals surface area contributed by atoms with Crippen LogP contribution in [0.3, 0.4) is 0 Å². The summed E-state index contributed by atoms with van der Waals surface area (Å²) in [7, 11) is 0. The molecule has 3 rings (SSSR count). The van der Waals surface area contributed by atoms with E-state index in [9.17, 15) is 0 Å². The molecule has 0 spiro atoms. The van der Waals surface area contributed by atoms with Crippen molar-refractivity contribution in [2.24, 2.45) is 0 Å². The van der Waals surface area contributed by atoms with E-state index in [4.69, 9.17) is 5.73 Å². The predicted molar refractivity (Wildman–Crippen MR) is 54.9 cm³/mol. The lowest BCUT2D eigenvalue weighted by molar-refractivity contribution is 1.10. The van der Waals surface area contributed by atoms with Gasteiger partial charge in [0.15, 0.2) is 5.65 Å². The van der Waals surface area contributed by atoms with Gasteiger partial charge in [0.2, 0.25) is 0 Å². The van der Waals surface area contributed by atoms with E-state index in [-0.39, 0.29) is 0 Å². The molecule has 2 heterocycles. The zero-order valence-corrected chi connectivity index (χ0v) is 7.38. The summed E-state index contributed by atoms with van der Waals surface area (Å²) in [4.78, 5) is 0. The molecule has 0 aliphatic rings. The van der Waals surface area contributed by atoms with Crippen LogP contribution in [0.1, 0.15) is 0 Å². The Hall–Kier alpha value is -2.10. The number of nitrogens with zero attached hydrogens (tertiary/aromatic N) is 3. The Morgan fingerprint density at radius 1 is 1.14 bits per heavy atom. The first kappa shape index (κ1) is 7.32. The van der Waals surface area contributed by atoms with Crippen LogP contribution in [0.2, 0.25) is 0 Å². The highest BCUT2D eigenvalue weighted by Crippen LogP contribution is 2.22. The normalized spacial score (nSPS) is 11.1. The molecule has 0 unspecified atom stereocenters. The van der Waals surface area contributed by atoms with Gasteiger partial charge in [0.1, 0.15) is 6.33 Å². The Labute approximate surface area is 80.0 Å². The average molecular weight is 184 g/mol. The van der Waals surface area contributed by atoms with Crippen LogP contribution in [0.25, 0.3) is 16.4 Å². The third-order valence-corrected chi connectivity index (χ3v) is 2.36. The van der Waals surface area contributed by atoms with Gasteiger partial charge in [0.05, 0.1) is 0 Å². The van der Waals surface area contributed by atoms with E-state index >= 15 is 0 Å². The highest BCUT2D eigenvalue weighted by molar-refractivity contribution is 6.00. The zero-order chi connectivity index (χ0) is 9.54. The maximum atomic E-state index is 5.86. The minimum Gasteiger partial charge on any atom is -0.398 e. The number of rotatable bonds is 0. The molecule has 4 nitrogen and oxygen atoms in total. The van der Waals surface area contributed by atoms with E-state index in [1.165, 1.54) is 0 Å². The molecular weight excluding hydrogens is 176 g/mol. The molecule has 3 aromatic rings. The van der Waals surface area contributed by atoms with Crippen LogP contribution in [0.4, 0.5) is 5.69 Å². The van der Waals surface area contributed by atoms with Gasteiger partial charge in [-0.1, -0.05) is 12.1 Å². The first-order valence-corrected chi connectivity index (χ1v) is 4.33. The first-order valence-electron chi connectivity index (χ1n) is 4.33. The van der Waals surface area contributed by atoms with Crippen molar-refractivity contribution in [2.75, 3.05) is 5.73 Å². The quantitative estimate of drug-likeness (QED) is 0.538. The van der Waals surface area contributed by atoms with Crippen molar-refractivity contribution >= 4 is 22.1 Å². The Balaban J connectivity index is 2.64. The number of anilines is 1. The fourth-order valence-corrected chi connectivity index (χ4v) is 1.66. The number of nitrogens with two attached hydrogens (primary N) is 1. The molecule has 4 heteroatoms. The molecule has 2 aromatic heterocycles. The fraction of sp³-hybridized carbons (Fsp3) is 0. The molecule has 14 heavy (non-hydrogen) atoms. The molecule has 68 valence electrons.